The lowest BCUT2D eigenvalue weighted by Gasteiger charge is -2.24. The number of fused-ring (bicyclic) bond motifs is 1. The Hall–Kier alpha value is -4.10. The van der Waals surface area contributed by atoms with E-state index in [-0.39, 0.29) is 23.7 Å². The van der Waals surface area contributed by atoms with Gasteiger partial charge in [-0.2, -0.15) is 0 Å². The van der Waals surface area contributed by atoms with E-state index in [9.17, 15) is 19.1 Å². The number of benzene rings is 2. The van der Waals surface area contributed by atoms with Crippen molar-refractivity contribution in [2.24, 2.45) is 0 Å². The van der Waals surface area contributed by atoms with Crippen LogP contribution in [0.2, 0.25) is 0 Å². The van der Waals surface area contributed by atoms with E-state index in [0.717, 1.165) is 33.3 Å². The van der Waals surface area contributed by atoms with Crippen molar-refractivity contribution < 1.29 is 19.0 Å². The summed E-state index contributed by atoms with van der Waals surface area (Å²) in [7, 11) is 0. The zero-order valence-electron chi connectivity index (χ0n) is 21.3. The molecule has 4 aromatic rings. The molecule has 1 fully saturated rings. The van der Waals surface area contributed by atoms with Gasteiger partial charge < -0.3 is 9.84 Å². The average Bonchev–Trinajstić information content (AvgIpc) is 2.89. The molecule has 1 aliphatic heterocycles. The Morgan fingerprint density at radius 1 is 1.08 bits per heavy atom. The van der Waals surface area contributed by atoms with Crippen molar-refractivity contribution in [3.8, 4) is 11.1 Å². The molecule has 0 radical (unpaired) electrons. The Kier molecular flexibility index (Phi) is 7.20. The molecule has 0 unspecified atom stereocenters. The minimum absolute atomic E-state index is 0.0150. The molecular weight excluding hydrogens is 483 g/mol. The van der Waals surface area contributed by atoms with Gasteiger partial charge in [0.25, 0.3) is 5.56 Å². The maximum atomic E-state index is 13.9. The molecule has 7 heteroatoms. The molecule has 0 saturated carbocycles. The van der Waals surface area contributed by atoms with Crippen LogP contribution in [0.5, 0.6) is 0 Å². The third-order valence-corrected chi connectivity index (χ3v) is 6.73. The molecule has 1 aliphatic rings. The van der Waals surface area contributed by atoms with Crippen molar-refractivity contribution >= 4 is 23.1 Å². The lowest BCUT2D eigenvalue weighted by molar-refractivity contribution is -0.156. The Morgan fingerprint density at radius 3 is 2.50 bits per heavy atom. The predicted molar refractivity (Wildman–Crippen MR) is 145 cm³/mol. The van der Waals surface area contributed by atoms with Crippen molar-refractivity contribution in [1.82, 2.24) is 9.55 Å². The van der Waals surface area contributed by atoms with E-state index < -0.39 is 18.2 Å². The van der Waals surface area contributed by atoms with Gasteiger partial charge in [0.15, 0.2) is 0 Å². The molecule has 0 spiro atoms. The lowest BCUT2D eigenvalue weighted by atomic mass is 9.91. The van der Waals surface area contributed by atoms with Crippen LogP contribution in [0.4, 0.5) is 4.39 Å². The van der Waals surface area contributed by atoms with E-state index in [0.29, 0.717) is 18.6 Å². The molecule has 0 amide bonds. The van der Waals surface area contributed by atoms with E-state index in [4.69, 9.17) is 9.72 Å². The number of aromatic nitrogens is 2. The fraction of sp³-hybridized carbons (Fsp3) is 0.258. The van der Waals surface area contributed by atoms with Gasteiger partial charge in [-0.3, -0.25) is 14.2 Å². The fourth-order valence-corrected chi connectivity index (χ4v) is 4.92. The number of carbonyl (C=O) groups excluding carboxylic acids is 1. The molecule has 0 bridgehead atoms. The van der Waals surface area contributed by atoms with Gasteiger partial charge in [0.05, 0.1) is 24.8 Å². The maximum Gasteiger partial charge on any atom is 0.309 e. The number of ether oxygens (including phenoxy) is 1. The molecule has 0 aliphatic carbocycles. The van der Waals surface area contributed by atoms with Crippen LogP contribution in [-0.2, 0) is 16.1 Å². The highest BCUT2D eigenvalue weighted by molar-refractivity contribution is 5.98. The van der Waals surface area contributed by atoms with Crippen LogP contribution in [0.15, 0.2) is 77.6 Å². The van der Waals surface area contributed by atoms with Crippen LogP contribution in [0.25, 0.3) is 28.2 Å². The maximum absolute atomic E-state index is 13.9. The minimum Gasteiger partial charge on any atom is -0.458 e. The largest absolute Gasteiger partial charge is 0.458 e. The smallest absolute Gasteiger partial charge is 0.309 e. The predicted octanol–water partition coefficient (Wildman–Crippen LogP) is 5.45. The third kappa shape index (κ3) is 5.29. The summed E-state index contributed by atoms with van der Waals surface area (Å²) < 4.78 is 21.0. The number of aliphatic hydroxyl groups is 1. The van der Waals surface area contributed by atoms with Crippen molar-refractivity contribution in [3.05, 3.63) is 106 Å². The van der Waals surface area contributed by atoms with E-state index >= 15 is 0 Å². The summed E-state index contributed by atoms with van der Waals surface area (Å²) in [6.07, 6.45) is 2.59. The van der Waals surface area contributed by atoms with E-state index in [1.165, 1.54) is 18.2 Å². The third-order valence-electron chi connectivity index (χ3n) is 6.73. The summed E-state index contributed by atoms with van der Waals surface area (Å²) in [6, 6.07) is 19.2. The number of rotatable bonds is 6. The number of aliphatic hydroxyl groups excluding tert-OH is 1. The fourth-order valence-electron chi connectivity index (χ4n) is 4.92. The van der Waals surface area contributed by atoms with Crippen LogP contribution >= 0.6 is 0 Å². The first-order chi connectivity index (χ1) is 18.3. The molecule has 2 atom stereocenters. The Morgan fingerprint density at radius 2 is 1.82 bits per heavy atom. The van der Waals surface area contributed by atoms with Crippen LogP contribution in [-0.4, -0.2) is 32.8 Å². The summed E-state index contributed by atoms with van der Waals surface area (Å²) in [6.45, 7) is 4.40. The normalized spacial score (nSPS) is 17.9. The molecule has 6 nitrogen and oxygen atoms in total. The van der Waals surface area contributed by atoms with Crippen LogP contribution < -0.4 is 5.56 Å². The molecule has 38 heavy (non-hydrogen) atoms. The molecule has 2 aromatic heterocycles. The second kappa shape index (κ2) is 10.7. The Balaban J connectivity index is 1.76. The molecule has 2 aromatic carbocycles. The molecule has 194 valence electrons. The number of hydrogen-bond donors (Lipinski definition) is 1. The highest BCUT2D eigenvalue weighted by atomic mass is 19.1. The number of hydrogen-bond acceptors (Lipinski definition) is 5. The molecule has 1 saturated heterocycles. The van der Waals surface area contributed by atoms with Gasteiger partial charge in [-0.25, -0.2) is 9.37 Å². The van der Waals surface area contributed by atoms with E-state index in [1.54, 1.807) is 28.8 Å². The second-order valence-electron chi connectivity index (χ2n) is 9.91. The molecular formula is C31H29FN2O4. The first-order valence-corrected chi connectivity index (χ1v) is 12.7. The van der Waals surface area contributed by atoms with Gasteiger partial charge in [0.1, 0.15) is 17.6 Å². The highest BCUT2D eigenvalue weighted by Gasteiger charge is 2.26. The van der Waals surface area contributed by atoms with Crippen LogP contribution in [0, 0.1) is 5.82 Å². The van der Waals surface area contributed by atoms with Crippen molar-refractivity contribution in [3.63, 3.8) is 0 Å². The van der Waals surface area contributed by atoms with Gasteiger partial charge in [0.2, 0.25) is 0 Å². The van der Waals surface area contributed by atoms with Crippen LogP contribution in [0.1, 0.15) is 49.4 Å². The average molecular weight is 513 g/mol. The molecule has 5 rings (SSSR count). The number of nitrogens with zero attached hydrogens (tertiary/aromatic N) is 2. The number of halogens is 1. The van der Waals surface area contributed by atoms with Gasteiger partial charge >= 0.3 is 5.97 Å². The number of cyclic esters (lactones) is 1. The number of pyridine rings is 2. The quantitative estimate of drug-likeness (QED) is 0.347. The zero-order chi connectivity index (χ0) is 26.8. The summed E-state index contributed by atoms with van der Waals surface area (Å²) in [5.74, 6) is -0.807. The van der Waals surface area contributed by atoms with Gasteiger partial charge in [-0.1, -0.05) is 62.4 Å². The second-order valence-corrected chi connectivity index (χ2v) is 9.91. The van der Waals surface area contributed by atoms with Crippen molar-refractivity contribution in [1.29, 1.82) is 0 Å². The summed E-state index contributed by atoms with van der Waals surface area (Å²) in [5, 5.41) is 10.8. The van der Waals surface area contributed by atoms with E-state index in [1.807, 2.05) is 50.3 Å². The van der Waals surface area contributed by atoms with Crippen molar-refractivity contribution in [2.45, 2.75) is 51.4 Å². The number of carbonyl (C=O) groups is 1. The highest BCUT2D eigenvalue weighted by Crippen LogP contribution is 2.36. The van der Waals surface area contributed by atoms with Gasteiger partial charge in [-0.05, 0) is 41.3 Å². The summed E-state index contributed by atoms with van der Waals surface area (Å²) in [4.78, 5) is 30.0. The summed E-state index contributed by atoms with van der Waals surface area (Å²) in [5.41, 5.74) is 4.47. The van der Waals surface area contributed by atoms with Gasteiger partial charge in [0, 0.05) is 29.0 Å². The topological polar surface area (TPSA) is 81.4 Å². The monoisotopic (exact) mass is 512 g/mol. The summed E-state index contributed by atoms with van der Waals surface area (Å²) >= 11 is 0. The van der Waals surface area contributed by atoms with E-state index in [2.05, 4.69) is 0 Å². The lowest BCUT2D eigenvalue weighted by Crippen LogP contribution is -2.31. The standard InChI is InChI=1S/C31H29FN2O4/c1-19(2)30-25(13-12-24-16-23(35)17-28(37)38-24)29(21-8-10-22(32)11-9-21)26-14-15-27(36)34(31(26)33-30)18-20-6-4-3-5-7-20/h3-15,19,23-24,35H,16-18H2,1-2H3/t23-,24-/m1/s1. The Labute approximate surface area is 220 Å². The molecule has 1 N–H and O–H groups in total. The molecule has 3 heterocycles. The first-order valence-electron chi connectivity index (χ1n) is 12.7. The minimum atomic E-state index is -0.755. The number of esters is 1. The van der Waals surface area contributed by atoms with Crippen molar-refractivity contribution in [2.75, 3.05) is 0 Å². The van der Waals surface area contributed by atoms with Gasteiger partial charge in [-0.15, -0.1) is 0 Å². The van der Waals surface area contributed by atoms with Crippen LogP contribution in [0.3, 0.4) is 0 Å². The SMILES string of the molecule is CC(C)c1nc2c(ccc(=O)n2Cc2ccccc2)c(-c2ccc(F)cc2)c1C=C[C@@H]1C[C@@H](O)CC(=O)O1. The first kappa shape index (κ1) is 25.5. The Bertz CT molecular complexity index is 1560. The zero-order valence-corrected chi connectivity index (χ0v) is 21.3.